The zero-order valence-electron chi connectivity index (χ0n) is 23.6. The summed E-state index contributed by atoms with van der Waals surface area (Å²) in [5.41, 5.74) is 6.18. The molecule has 1 atom stereocenters. The summed E-state index contributed by atoms with van der Waals surface area (Å²) < 4.78 is 35.1. The summed E-state index contributed by atoms with van der Waals surface area (Å²) in [5, 5.41) is 18.2. The summed E-state index contributed by atoms with van der Waals surface area (Å²) in [4.78, 5) is 4.11. The number of aromatic nitrogens is 1. The van der Waals surface area contributed by atoms with Crippen LogP contribution < -0.4 is 29.4 Å². The van der Waals surface area contributed by atoms with Gasteiger partial charge >= 0.3 is 0 Å². The predicted molar refractivity (Wildman–Crippen MR) is 166 cm³/mol. The van der Waals surface area contributed by atoms with Crippen molar-refractivity contribution in [3.63, 3.8) is 0 Å². The van der Waals surface area contributed by atoms with Crippen LogP contribution in [0.25, 0.3) is 11.1 Å². The van der Waals surface area contributed by atoms with Crippen molar-refractivity contribution in [2.24, 2.45) is 5.14 Å². The summed E-state index contributed by atoms with van der Waals surface area (Å²) in [6.07, 6.45) is 3.15. The molecule has 0 fully saturated rings. The fourth-order valence-corrected chi connectivity index (χ4v) is 5.25. The minimum Gasteiger partial charge on any atom is -0.488 e. The fourth-order valence-electron chi connectivity index (χ4n) is 4.66. The first-order chi connectivity index (χ1) is 20.9. The van der Waals surface area contributed by atoms with Crippen LogP contribution in [-0.4, -0.2) is 34.7 Å². The second-order valence-electron chi connectivity index (χ2n) is 9.87. The van der Waals surface area contributed by atoms with Crippen LogP contribution in [0.5, 0.6) is 23.0 Å². The van der Waals surface area contributed by atoms with Gasteiger partial charge in [0.15, 0.2) is 11.5 Å². The van der Waals surface area contributed by atoms with E-state index in [4.69, 9.17) is 35.7 Å². The molecule has 11 heteroatoms. The summed E-state index contributed by atoms with van der Waals surface area (Å²) in [7, 11) is -1.39. The lowest BCUT2D eigenvalue weighted by Gasteiger charge is -2.20. The van der Waals surface area contributed by atoms with E-state index in [0.717, 1.165) is 44.9 Å². The van der Waals surface area contributed by atoms with E-state index >= 15 is 0 Å². The van der Waals surface area contributed by atoms with Gasteiger partial charge in [-0.2, -0.15) is 5.26 Å². The van der Waals surface area contributed by atoms with Crippen LogP contribution in [0.4, 0.5) is 0 Å². The molecule has 3 aromatic carbocycles. The molecule has 1 aliphatic heterocycles. The minimum atomic E-state index is -1.39. The number of rotatable bonds is 12. The van der Waals surface area contributed by atoms with Crippen molar-refractivity contribution in [2.45, 2.75) is 26.7 Å². The topological polar surface area (TPSA) is 129 Å². The van der Waals surface area contributed by atoms with E-state index in [1.807, 2.05) is 30.3 Å². The summed E-state index contributed by atoms with van der Waals surface area (Å²) in [6.45, 7) is 4.51. The highest BCUT2D eigenvalue weighted by Gasteiger charge is 2.16. The number of nitrogens with zero attached hydrogens (tertiary/aromatic N) is 2. The third-order valence-corrected chi connectivity index (χ3v) is 7.81. The van der Waals surface area contributed by atoms with E-state index in [9.17, 15) is 9.47 Å². The number of nitrogens with one attached hydrogen (secondary N) is 1. The average Bonchev–Trinajstić information content (AvgIpc) is 3.02. The fraction of sp³-hybridized carbons (Fsp3) is 0.250. The lowest BCUT2D eigenvalue weighted by atomic mass is 9.96. The molecule has 0 spiro atoms. The van der Waals surface area contributed by atoms with Crippen molar-refractivity contribution in [3.05, 3.63) is 99.8 Å². The van der Waals surface area contributed by atoms with Crippen molar-refractivity contribution >= 4 is 22.6 Å². The Hall–Kier alpha value is -4.14. The quantitative estimate of drug-likeness (QED) is 0.207. The van der Waals surface area contributed by atoms with Gasteiger partial charge in [-0.3, -0.25) is 10.1 Å². The Morgan fingerprint density at radius 2 is 1.84 bits per heavy atom. The highest BCUT2D eigenvalue weighted by molar-refractivity contribution is 7.82. The zero-order valence-corrected chi connectivity index (χ0v) is 25.2. The number of pyridine rings is 1. The molecule has 1 aromatic heterocycles. The lowest BCUT2D eigenvalue weighted by molar-refractivity contribution is 0.171. The summed E-state index contributed by atoms with van der Waals surface area (Å²) >= 11 is 6.67. The maximum atomic E-state index is 11.3. The van der Waals surface area contributed by atoms with Crippen molar-refractivity contribution in [3.8, 4) is 40.2 Å². The number of hydrogen-bond donors (Lipinski definition) is 2. The predicted octanol–water partition coefficient (Wildman–Crippen LogP) is 5.22. The highest BCUT2D eigenvalue weighted by Crippen LogP contribution is 2.37. The van der Waals surface area contributed by atoms with Gasteiger partial charge in [0.1, 0.15) is 44.0 Å². The molecule has 0 amide bonds. The van der Waals surface area contributed by atoms with Crippen molar-refractivity contribution in [2.75, 3.05) is 25.5 Å². The van der Waals surface area contributed by atoms with Gasteiger partial charge in [0, 0.05) is 42.7 Å². The molecule has 9 nitrogen and oxygen atoms in total. The van der Waals surface area contributed by atoms with Crippen LogP contribution in [0, 0.1) is 18.3 Å². The van der Waals surface area contributed by atoms with Crippen molar-refractivity contribution in [1.29, 1.82) is 5.26 Å². The van der Waals surface area contributed by atoms with E-state index in [1.165, 1.54) is 6.20 Å². The molecule has 4 aromatic rings. The number of benzene rings is 3. The van der Waals surface area contributed by atoms with Crippen LogP contribution in [-0.2, 0) is 30.7 Å². The Balaban J connectivity index is 1.35. The van der Waals surface area contributed by atoms with Gasteiger partial charge in [0.2, 0.25) is 0 Å². The number of nitrogens with two attached hydrogens (primary N) is 1. The van der Waals surface area contributed by atoms with Crippen molar-refractivity contribution < 1.29 is 23.2 Å². The first-order valence-electron chi connectivity index (χ1n) is 13.7. The van der Waals surface area contributed by atoms with Gasteiger partial charge < -0.3 is 24.3 Å². The molecule has 5 rings (SSSR count). The van der Waals surface area contributed by atoms with Crippen LogP contribution in [0.3, 0.4) is 0 Å². The number of ether oxygens (including phenoxy) is 4. The molecular weight excluding hydrogens is 588 g/mol. The third-order valence-electron chi connectivity index (χ3n) is 6.91. The van der Waals surface area contributed by atoms with Crippen LogP contribution in [0.15, 0.2) is 67.0 Å². The molecule has 0 aliphatic carbocycles. The first kappa shape index (κ1) is 30.3. The zero-order chi connectivity index (χ0) is 30.2. The average molecular weight is 619 g/mol. The Labute approximate surface area is 258 Å². The molecule has 0 bridgehead atoms. The maximum absolute atomic E-state index is 11.3. The number of nitriles is 1. The molecule has 0 saturated heterocycles. The van der Waals surface area contributed by atoms with Gasteiger partial charge in [-0.05, 0) is 53.4 Å². The van der Waals surface area contributed by atoms with Gasteiger partial charge in [-0.1, -0.05) is 35.9 Å². The highest BCUT2D eigenvalue weighted by atomic mass is 35.5. The van der Waals surface area contributed by atoms with E-state index in [2.05, 4.69) is 29.4 Å². The minimum absolute atomic E-state index is 0.195. The largest absolute Gasteiger partial charge is 0.488 e. The SMILES string of the molecule is Cc1c(COc2cc(OCc3cncc(C#N)c3)c(CNCCS(N)=O)cc2Cl)cccc1-c1ccc2c(c1)OCCO2. The Bertz CT molecular complexity index is 1680. The number of hydrogen-bond acceptors (Lipinski definition) is 8. The second kappa shape index (κ2) is 14.4. The van der Waals surface area contributed by atoms with Gasteiger partial charge in [-0.15, -0.1) is 0 Å². The molecule has 3 N–H and O–H groups in total. The standard InChI is InChI=1S/C32H31ClN4O5S/c1-21-25(3-2-4-27(21)24-5-6-29-32(13-24)40-9-8-39-29)20-42-31-14-30(41-19-23-11-22(15-34)16-37-17-23)26(12-28(31)33)18-36-7-10-43(35)38/h2-6,11-14,16-17,36H,7-10,18-20,35H2,1H3. The molecule has 43 heavy (non-hydrogen) atoms. The van der Waals surface area contributed by atoms with E-state index < -0.39 is 11.0 Å². The molecule has 2 heterocycles. The van der Waals surface area contributed by atoms with Gasteiger partial charge in [0.05, 0.1) is 27.3 Å². The Morgan fingerprint density at radius 3 is 2.65 bits per heavy atom. The molecule has 0 saturated carbocycles. The third kappa shape index (κ3) is 7.83. The van der Waals surface area contributed by atoms with E-state index in [1.54, 1.807) is 24.4 Å². The van der Waals surface area contributed by atoms with E-state index in [0.29, 0.717) is 54.1 Å². The smallest absolute Gasteiger partial charge is 0.161 e. The monoisotopic (exact) mass is 618 g/mol. The van der Waals surface area contributed by atoms with Crippen LogP contribution >= 0.6 is 11.6 Å². The number of halogens is 1. The van der Waals surface area contributed by atoms with Crippen LogP contribution in [0.1, 0.15) is 27.8 Å². The van der Waals surface area contributed by atoms with Gasteiger partial charge in [0.25, 0.3) is 0 Å². The molecule has 1 aliphatic rings. The van der Waals surface area contributed by atoms with Crippen molar-refractivity contribution in [1.82, 2.24) is 10.3 Å². The normalized spacial score (nSPS) is 12.8. The number of fused-ring (bicyclic) bond motifs is 1. The van der Waals surface area contributed by atoms with E-state index in [-0.39, 0.29) is 13.2 Å². The molecular formula is C32H31ClN4O5S. The van der Waals surface area contributed by atoms with Crippen LogP contribution in [0.2, 0.25) is 5.02 Å². The maximum Gasteiger partial charge on any atom is 0.161 e. The van der Waals surface area contributed by atoms with Gasteiger partial charge in [-0.25, -0.2) is 4.21 Å². The summed E-state index contributed by atoms with van der Waals surface area (Å²) in [6, 6.07) is 19.4. The Morgan fingerprint density at radius 1 is 1.02 bits per heavy atom. The second-order valence-corrected chi connectivity index (χ2v) is 11.4. The lowest BCUT2D eigenvalue weighted by Crippen LogP contribution is -2.23. The Kier molecular flexibility index (Phi) is 10.1. The molecule has 1 unspecified atom stereocenters. The first-order valence-corrected chi connectivity index (χ1v) is 15.4. The molecule has 0 radical (unpaired) electrons. The summed E-state index contributed by atoms with van der Waals surface area (Å²) in [5.74, 6) is 2.84. The molecule has 222 valence electrons.